The highest BCUT2D eigenvalue weighted by atomic mass is 19.1. The summed E-state index contributed by atoms with van der Waals surface area (Å²) < 4.78 is 39.2. The lowest BCUT2D eigenvalue weighted by Gasteiger charge is -2.11. The van der Waals surface area contributed by atoms with Crippen LogP contribution in [-0.2, 0) is 4.79 Å². The second-order valence-corrected chi connectivity index (χ2v) is 4.50. The highest BCUT2D eigenvalue weighted by Crippen LogP contribution is 2.33. The molecule has 3 nitrogen and oxygen atoms in total. The lowest BCUT2D eigenvalue weighted by molar-refractivity contribution is -0.116. The lowest BCUT2D eigenvalue weighted by Crippen LogP contribution is -2.29. The van der Waals surface area contributed by atoms with Gasteiger partial charge in [-0.2, -0.15) is 0 Å². The predicted octanol–water partition coefficient (Wildman–Crippen LogP) is 2.17. The van der Waals surface area contributed by atoms with E-state index in [0.717, 1.165) is 12.8 Å². The van der Waals surface area contributed by atoms with Gasteiger partial charge in [-0.3, -0.25) is 4.79 Å². The molecule has 0 saturated heterocycles. The number of hydrogen-bond acceptors (Lipinski definition) is 2. The van der Waals surface area contributed by atoms with Gasteiger partial charge < -0.3 is 11.1 Å². The fourth-order valence-corrected chi connectivity index (χ4v) is 1.76. The Balaban J connectivity index is 2.02. The summed E-state index contributed by atoms with van der Waals surface area (Å²) in [7, 11) is 0. The van der Waals surface area contributed by atoms with E-state index < -0.39 is 29.0 Å². The Bertz CT molecular complexity index is 451. The van der Waals surface area contributed by atoms with E-state index in [-0.39, 0.29) is 12.5 Å². The van der Waals surface area contributed by atoms with Crippen molar-refractivity contribution in [3.63, 3.8) is 0 Å². The normalized spacial score (nSPS) is 16.4. The minimum atomic E-state index is -1.14. The Labute approximate surface area is 102 Å². The zero-order valence-corrected chi connectivity index (χ0v) is 9.55. The molecule has 0 bridgehead atoms. The number of nitrogens with one attached hydrogen (secondary N) is 1. The van der Waals surface area contributed by atoms with Gasteiger partial charge in [0, 0.05) is 24.6 Å². The maximum Gasteiger partial charge on any atom is 0.226 e. The highest BCUT2D eigenvalue weighted by molar-refractivity contribution is 5.91. The SMILES string of the molecule is NC(CC(=O)Nc1c(F)cc(F)cc1F)C1CC1. The number of anilines is 1. The number of halogens is 3. The monoisotopic (exact) mass is 258 g/mol. The fourth-order valence-electron chi connectivity index (χ4n) is 1.76. The zero-order valence-electron chi connectivity index (χ0n) is 9.55. The first kappa shape index (κ1) is 12.9. The minimum Gasteiger partial charge on any atom is -0.327 e. The first-order valence-electron chi connectivity index (χ1n) is 5.67. The molecule has 18 heavy (non-hydrogen) atoms. The molecular formula is C12H13F3N2O. The van der Waals surface area contributed by atoms with E-state index in [4.69, 9.17) is 5.73 Å². The Morgan fingerprint density at radius 3 is 2.39 bits per heavy atom. The van der Waals surface area contributed by atoms with Crippen LogP contribution in [0.1, 0.15) is 19.3 Å². The molecule has 0 aliphatic heterocycles. The van der Waals surface area contributed by atoms with Crippen LogP contribution < -0.4 is 11.1 Å². The number of carbonyl (C=O) groups excluding carboxylic acids is 1. The smallest absolute Gasteiger partial charge is 0.226 e. The third kappa shape index (κ3) is 3.01. The molecule has 0 spiro atoms. The molecule has 1 aliphatic carbocycles. The Morgan fingerprint density at radius 1 is 1.33 bits per heavy atom. The standard InChI is InChI=1S/C12H13F3N2O/c13-7-3-8(14)12(9(15)4-7)17-11(18)5-10(16)6-1-2-6/h3-4,6,10H,1-2,5,16H2,(H,17,18). The second kappa shape index (κ2) is 4.97. The van der Waals surface area contributed by atoms with Crippen molar-refractivity contribution in [2.75, 3.05) is 5.32 Å². The van der Waals surface area contributed by atoms with Crippen molar-refractivity contribution in [1.82, 2.24) is 0 Å². The topological polar surface area (TPSA) is 55.1 Å². The second-order valence-electron chi connectivity index (χ2n) is 4.50. The molecule has 0 heterocycles. The van der Waals surface area contributed by atoms with Gasteiger partial charge >= 0.3 is 0 Å². The molecular weight excluding hydrogens is 245 g/mol. The molecule has 1 amide bonds. The minimum absolute atomic E-state index is 0.000916. The largest absolute Gasteiger partial charge is 0.327 e. The van der Waals surface area contributed by atoms with Gasteiger partial charge in [-0.15, -0.1) is 0 Å². The molecule has 1 aromatic carbocycles. The van der Waals surface area contributed by atoms with E-state index in [9.17, 15) is 18.0 Å². The number of rotatable bonds is 4. The van der Waals surface area contributed by atoms with Gasteiger partial charge in [-0.25, -0.2) is 13.2 Å². The average Bonchev–Trinajstić information content (AvgIpc) is 3.06. The quantitative estimate of drug-likeness (QED) is 0.869. The summed E-state index contributed by atoms with van der Waals surface area (Å²) >= 11 is 0. The van der Waals surface area contributed by atoms with E-state index in [0.29, 0.717) is 18.1 Å². The number of amides is 1. The van der Waals surface area contributed by atoms with Crippen LogP contribution in [0.5, 0.6) is 0 Å². The molecule has 1 saturated carbocycles. The molecule has 98 valence electrons. The van der Waals surface area contributed by atoms with Crippen molar-refractivity contribution in [3.05, 3.63) is 29.6 Å². The van der Waals surface area contributed by atoms with Gasteiger partial charge in [0.2, 0.25) is 5.91 Å². The van der Waals surface area contributed by atoms with Gasteiger partial charge in [0.15, 0.2) is 11.6 Å². The first-order valence-corrected chi connectivity index (χ1v) is 5.67. The first-order chi connectivity index (χ1) is 8.47. The van der Waals surface area contributed by atoms with Gasteiger partial charge in [0.1, 0.15) is 11.5 Å². The van der Waals surface area contributed by atoms with Crippen molar-refractivity contribution >= 4 is 11.6 Å². The Hall–Kier alpha value is -1.56. The molecule has 1 atom stereocenters. The van der Waals surface area contributed by atoms with Crippen molar-refractivity contribution in [1.29, 1.82) is 0 Å². The summed E-state index contributed by atoms with van der Waals surface area (Å²) in [6.07, 6.45) is 1.96. The molecule has 3 N–H and O–H groups in total. The van der Waals surface area contributed by atoms with Gasteiger partial charge in [-0.05, 0) is 18.8 Å². The van der Waals surface area contributed by atoms with Gasteiger partial charge in [0.25, 0.3) is 0 Å². The fraction of sp³-hybridized carbons (Fsp3) is 0.417. The highest BCUT2D eigenvalue weighted by Gasteiger charge is 2.30. The van der Waals surface area contributed by atoms with E-state index in [1.165, 1.54) is 0 Å². The van der Waals surface area contributed by atoms with Crippen LogP contribution in [0.4, 0.5) is 18.9 Å². The van der Waals surface area contributed by atoms with Crippen LogP contribution in [0, 0.1) is 23.4 Å². The third-order valence-corrected chi connectivity index (χ3v) is 2.92. The molecule has 1 fully saturated rings. The molecule has 6 heteroatoms. The van der Waals surface area contributed by atoms with Crippen molar-refractivity contribution in [3.8, 4) is 0 Å². The average molecular weight is 258 g/mol. The summed E-state index contributed by atoms with van der Waals surface area (Å²) in [5, 5.41) is 2.08. The summed E-state index contributed by atoms with van der Waals surface area (Å²) in [6, 6.07) is 0.732. The van der Waals surface area contributed by atoms with E-state index in [1.54, 1.807) is 0 Å². The maximum absolute atomic E-state index is 13.3. The molecule has 2 rings (SSSR count). The summed E-state index contributed by atoms with van der Waals surface area (Å²) in [5.41, 5.74) is 5.09. The van der Waals surface area contributed by atoms with E-state index in [2.05, 4.69) is 5.32 Å². The Morgan fingerprint density at radius 2 is 1.89 bits per heavy atom. The van der Waals surface area contributed by atoms with Crippen LogP contribution in [0.3, 0.4) is 0 Å². The number of carbonyl (C=O) groups is 1. The lowest BCUT2D eigenvalue weighted by atomic mass is 10.1. The van der Waals surface area contributed by atoms with Crippen LogP contribution >= 0.6 is 0 Å². The van der Waals surface area contributed by atoms with Crippen molar-refractivity contribution in [2.24, 2.45) is 11.7 Å². The molecule has 0 radical (unpaired) electrons. The van der Waals surface area contributed by atoms with Crippen molar-refractivity contribution < 1.29 is 18.0 Å². The molecule has 1 unspecified atom stereocenters. The summed E-state index contributed by atoms with van der Waals surface area (Å²) in [6.45, 7) is 0. The molecule has 1 aliphatic rings. The predicted molar refractivity (Wildman–Crippen MR) is 60.3 cm³/mol. The van der Waals surface area contributed by atoms with Gasteiger partial charge in [0.05, 0.1) is 0 Å². The molecule has 1 aromatic rings. The Kier molecular flexibility index (Phi) is 3.56. The number of benzene rings is 1. The van der Waals surface area contributed by atoms with Crippen molar-refractivity contribution in [2.45, 2.75) is 25.3 Å². The van der Waals surface area contributed by atoms with Gasteiger partial charge in [-0.1, -0.05) is 0 Å². The zero-order chi connectivity index (χ0) is 13.3. The van der Waals surface area contributed by atoms with Crippen LogP contribution in [0.2, 0.25) is 0 Å². The third-order valence-electron chi connectivity index (χ3n) is 2.92. The number of hydrogen-bond donors (Lipinski definition) is 2. The number of nitrogens with two attached hydrogens (primary N) is 1. The summed E-state index contributed by atoms with van der Waals surface area (Å²) in [5.74, 6) is -3.56. The van der Waals surface area contributed by atoms with E-state index >= 15 is 0 Å². The molecule has 0 aromatic heterocycles. The maximum atomic E-state index is 13.3. The van der Waals surface area contributed by atoms with Crippen LogP contribution in [0.25, 0.3) is 0 Å². The van der Waals surface area contributed by atoms with Crippen LogP contribution in [-0.4, -0.2) is 11.9 Å². The van der Waals surface area contributed by atoms with Crippen LogP contribution in [0.15, 0.2) is 12.1 Å². The van der Waals surface area contributed by atoms with E-state index in [1.807, 2.05) is 0 Å². The summed E-state index contributed by atoms with van der Waals surface area (Å²) in [4.78, 5) is 11.5.